The molecule has 0 aromatic heterocycles. The number of hydrogen-bond acceptors (Lipinski definition) is 4. The fraction of sp³-hybridized carbons (Fsp3) is 0.263. The monoisotopic (exact) mass is 377 g/mol. The van der Waals surface area contributed by atoms with Gasteiger partial charge in [-0.05, 0) is 42.3 Å². The number of nitrogens with one attached hydrogen (secondary N) is 2. The molecule has 0 radical (unpaired) electrons. The molecule has 0 spiro atoms. The maximum atomic E-state index is 12.0. The lowest BCUT2D eigenvalue weighted by Gasteiger charge is -2.08. The van der Waals surface area contributed by atoms with Crippen molar-refractivity contribution in [2.45, 2.75) is 12.8 Å². The van der Waals surface area contributed by atoms with Gasteiger partial charge in [-0.15, -0.1) is 12.4 Å². The molecule has 26 heavy (non-hydrogen) atoms. The zero-order valence-electron chi connectivity index (χ0n) is 14.7. The average molecular weight is 378 g/mol. The Labute approximate surface area is 159 Å². The standard InChI is InChI=1S/C19H23N3O3.ClH/c1-25-16-9-6-15(7-10-16)19(24)22-13-12-21-18(23)11-8-14-4-2-3-5-17(14)20;/h2-7,9-10H,8,11-13,20H2,1H3,(H,21,23)(H,22,24);1H. The zero-order valence-corrected chi connectivity index (χ0v) is 15.5. The molecule has 2 aromatic rings. The van der Waals surface area contributed by atoms with Gasteiger partial charge < -0.3 is 21.1 Å². The van der Waals surface area contributed by atoms with Gasteiger partial charge in [-0.25, -0.2) is 0 Å². The molecule has 0 aliphatic heterocycles. The van der Waals surface area contributed by atoms with Gasteiger partial charge in [0.1, 0.15) is 5.75 Å². The number of hydrogen-bond donors (Lipinski definition) is 3. The second kappa shape index (κ2) is 11.0. The van der Waals surface area contributed by atoms with E-state index in [1.54, 1.807) is 31.4 Å². The van der Waals surface area contributed by atoms with Gasteiger partial charge in [-0.1, -0.05) is 18.2 Å². The fourth-order valence-electron chi connectivity index (χ4n) is 2.32. The smallest absolute Gasteiger partial charge is 0.251 e. The predicted octanol–water partition coefficient (Wildman–Crippen LogP) is 2.18. The summed E-state index contributed by atoms with van der Waals surface area (Å²) in [5, 5.41) is 5.54. The van der Waals surface area contributed by atoms with Crippen LogP contribution in [0.3, 0.4) is 0 Å². The van der Waals surface area contributed by atoms with Crippen molar-refractivity contribution in [1.29, 1.82) is 0 Å². The molecule has 0 bridgehead atoms. The molecule has 0 atom stereocenters. The number of ether oxygens (including phenoxy) is 1. The second-order valence-corrected chi connectivity index (χ2v) is 5.53. The normalized spacial score (nSPS) is 9.73. The molecule has 0 aliphatic rings. The highest BCUT2D eigenvalue weighted by atomic mass is 35.5. The molecule has 2 amide bonds. The number of nitrogen functional groups attached to an aromatic ring is 1. The van der Waals surface area contributed by atoms with Gasteiger partial charge in [0.15, 0.2) is 0 Å². The van der Waals surface area contributed by atoms with E-state index in [2.05, 4.69) is 10.6 Å². The Bertz CT molecular complexity index is 720. The van der Waals surface area contributed by atoms with Crippen LogP contribution >= 0.6 is 12.4 Å². The highest BCUT2D eigenvalue weighted by Crippen LogP contribution is 2.12. The van der Waals surface area contributed by atoms with E-state index >= 15 is 0 Å². The summed E-state index contributed by atoms with van der Waals surface area (Å²) in [6, 6.07) is 14.3. The second-order valence-electron chi connectivity index (χ2n) is 5.53. The van der Waals surface area contributed by atoms with Crippen LogP contribution in [-0.2, 0) is 11.2 Å². The first-order valence-electron chi connectivity index (χ1n) is 8.12. The quantitative estimate of drug-likeness (QED) is 0.485. The molecular weight excluding hydrogens is 354 g/mol. The van der Waals surface area contributed by atoms with E-state index < -0.39 is 0 Å². The number of halogens is 1. The molecule has 0 saturated carbocycles. The molecule has 7 heteroatoms. The lowest BCUT2D eigenvalue weighted by atomic mass is 10.1. The van der Waals surface area contributed by atoms with E-state index in [0.29, 0.717) is 42.9 Å². The third-order valence-electron chi connectivity index (χ3n) is 3.76. The van der Waals surface area contributed by atoms with Crippen LogP contribution in [0.15, 0.2) is 48.5 Å². The summed E-state index contributed by atoms with van der Waals surface area (Å²) in [6.07, 6.45) is 0.956. The maximum Gasteiger partial charge on any atom is 0.251 e. The molecular formula is C19H24ClN3O3. The van der Waals surface area contributed by atoms with Crippen LogP contribution in [0, 0.1) is 0 Å². The van der Waals surface area contributed by atoms with Crippen molar-refractivity contribution < 1.29 is 14.3 Å². The van der Waals surface area contributed by atoms with Gasteiger partial charge in [0, 0.05) is 30.8 Å². The molecule has 2 aromatic carbocycles. The van der Waals surface area contributed by atoms with Crippen molar-refractivity contribution in [1.82, 2.24) is 10.6 Å². The Morgan fingerprint density at radius 1 is 1.00 bits per heavy atom. The molecule has 0 unspecified atom stereocenters. The number of para-hydroxylation sites is 1. The predicted molar refractivity (Wildman–Crippen MR) is 105 cm³/mol. The third-order valence-corrected chi connectivity index (χ3v) is 3.76. The number of carbonyl (C=O) groups excluding carboxylic acids is 2. The Balaban J connectivity index is 0.00000338. The summed E-state index contributed by atoms with van der Waals surface area (Å²) in [7, 11) is 1.57. The molecule has 0 aliphatic carbocycles. The molecule has 0 saturated heterocycles. The molecule has 6 nitrogen and oxygen atoms in total. The van der Waals surface area contributed by atoms with Crippen molar-refractivity contribution in [3.05, 3.63) is 59.7 Å². The maximum absolute atomic E-state index is 12.0. The Hall–Kier alpha value is -2.73. The number of carbonyl (C=O) groups is 2. The number of rotatable bonds is 8. The van der Waals surface area contributed by atoms with Crippen molar-refractivity contribution in [2.24, 2.45) is 0 Å². The van der Waals surface area contributed by atoms with E-state index in [-0.39, 0.29) is 24.2 Å². The summed E-state index contributed by atoms with van der Waals surface area (Å²) < 4.78 is 5.05. The van der Waals surface area contributed by atoms with Crippen LogP contribution in [0.4, 0.5) is 5.69 Å². The summed E-state index contributed by atoms with van der Waals surface area (Å²) in [5.41, 5.74) is 8.06. The number of methoxy groups -OCH3 is 1. The van der Waals surface area contributed by atoms with Crippen molar-refractivity contribution in [3.8, 4) is 5.75 Å². The topological polar surface area (TPSA) is 93.5 Å². The lowest BCUT2D eigenvalue weighted by Crippen LogP contribution is -2.34. The van der Waals surface area contributed by atoms with Gasteiger partial charge in [0.2, 0.25) is 5.91 Å². The van der Waals surface area contributed by atoms with Crippen LogP contribution in [-0.4, -0.2) is 32.0 Å². The first kappa shape index (κ1) is 21.3. The number of nitrogens with two attached hydrogens (primary N) is 1. The fourth-order valence-corrected chi connectivity index (χ4v) is 2.32. The number of amides is 2. The van der Waals surface area contributed by atoms with E-state index in [4.69, 9.17) is 10.5 Å². The number of aryl methyl sites for hydroxylation is 1. The average Bonchev–Trinajstić information content (AvgIpc) is 2.64. The SMILES string of the molecule is COc1ccc(C(=O)NCCNC(=O)CCc2ccccc2N)cc1.Cl. The first-order valence-corrected chi connectivity index (χ1v) is 8.12. The van der Waals surface area contributed by atoms with Crippen LogP contribution in [0.1, 0.15) is 22.3 Å². The zero-order chi connectivity index (χ0) is 18.1. The van der Waals surface area contributed by atoms with Crippen LogP contribution < -0.4 is 21.1 Å². The Kier molecular flexibility index (Phi) is 9.01. The van der Waals surface area contributed by atoms with Gasteiger partial charge >= 0.3 is 0 Å². The summed E-state index contributed by atoms with van der Waals surface area (Å²) >= 11 is 0. The van der Waals surface area contributed by atoms with Gasteiger partial charge in [0.05, 0.1) is 7.11 Å². The van der Waals surface area contributed by atoms with Crippen LogP contribution in [0.2, 0.25) is 0 Å². The largest absolute Gasteiger partial charge is 0.497 e. The lowest BCUT2D eigenvalue weighted by molar-refractivity contribution is -0.121. The minimum absolute atomic E-state index is 0. The molecule has 140 valence electrons. The Morgan fingerprint density at radius 2 is 1.65 bits per heavy atom. The number of anilines is 1. The van der Waals surface area contributed by atoms with Crippen molar-refractivity contribution in [3.63, 3.8) is 0 Å². The van der Waals surface area contributed by atoms with Gasteiger partial charge in [-0.3, -0.25) is 9.59 Å². The molecule has 4 N–H and O–H groups in total. The Morgan fingerprint density at radius 3 is 2.31 bits per heavy atom. The van der Waals surface area contributed by atoms with Crippen molar-refractivity contribution >= 4 is 29.9 Å². The van der Waals surface area contributed by atoms with Crippen LogP contribution in [0.5, 0.6) is 5.75 Å². The van der Waals surface area contributed by atoms with E-state index in [0.717, 1.165) is 5.56 Å². The van der Waals surface area contributed by atoms with Crippen molar-refractivity contribution in [2.75, 3.05) is 25.9 Å². The molecule has 0 fully saturated rings. The first-order chi connectivity index (χ1) is 12.1. The van der Waals surface area contributed by atoms with E-state index in [9.17, 15) is 9.59 Å². The van der Waals surface area contributed by atoms with Gasteiger partial charge in [0.25, 0.3) is 5.91 Å². The van der Waals surface area contributed by atoms with E-state index in [1.807, 2.05) is 24.3 Å². The molecule has 2 rings (SSSR count). The molecule has 0 heterocycles. The van der Waals surface area contributed by atoms with Gasteiger partial charge in [-0.2, -0.15) is 0 Å². The summed E-state index contributed by atoms with van der Waals surface area (Å²) in [5.74, 6) is 0.443. The minimum atomic E-state index is -0.186. The number of benzene rings is 2. The van der Waals surface area contributed by atoms with Crippen LogP contribution in [0.25, 0.3) is 0 Å². The minimum Gasteiger partial charge on any atom is -0.497 e. The highest BCUT2D eigenvalue weighted by molar-refractivity contribution is 5.94. The highest BCUT2D eigenvalue weighted by Gasteiger charge is 2.06. The summed E-state index contributed by atoms with van der Waals surface area (Å²) in [6.45, 7) is 0.745. The third kappa shape index (κ3) is 6.64. The van der Waals surface area contributed by atoms with E-state index in [1.165, 1.54) is 0 Å². The summed E-state index contributed by atoms with van der Waals surface area (Å²) in [4.78, 5) is 23.8.